The van der Waals surface area contributed by atoms with E-state index in [4.69, 9.17) is 4.74 Å². The summed E-state index contributed by atoms with van der Waals surface area (Å²) in [7, 11) is 0. The number of carbonyl (C=O) groups is 1. The largest absolute Gasteiger partial charge is 0.444 e. The highest BCUT2D eigenvalue weighted by atomic mass is 79.9. The summed E-state index contributed by atoms with van der Waals surface area (Å²) in [6.45, 7) is 5.18. The molecule has 0 saturated carbocycles. The SMILES string of the molecule is CC(C)(C)OC(=O)Nc1ccc(-n2ncc(Br)c2C(F)(F)F)cc1. The number of ether oxygens (including phenoxy) is 1. The lowest BCUT2D eigenvalue weighted by atomic mass is 10.2. The molecule has 1 aromatic heterocycles. The number of alkyl halides is 3. The molecule has 1 aromatic carbocycles. The van der Waals surface area contributed by atoms with Gasteiger partial charge in [0.15, 0.2) is 5.69 Å². The summed E-state index contributed by atoms with van der Waals surface area (Å²) in [4.78, 5) is 11.7. The van der Waals surface area contributed by atoms with Crippen LogP contribution in [0.2, 0.25) is 0 Å². The van der Waals surface area contributed by atoms with Crippen molar-refractivity contribution in [3.63, 3.8) is 0 Å². The average Bonchev–Trinajstić information content (AvgIpc) is 2.79. The van der Waals surface area contributed by atoms with Gasteiger partial charge in [0.1, 0.15) is 5.60 Å². The first-order valence-electron chi connectivity index (χ1n) is 6.88. The molecule has 2 rings (SSSR count). The third-order valence-electron chi connectivity index (χ3n) is 2.75. The average molecular weight is 406 g/mol. The van der Waals surface area contributed by atoms with Crippen LogP contribution in [0, 0.1) is 0 Å². The Morgan fingerprint density at radius 1 is 1.21 bits per heavy atom. The van der Waals surface area contributed by atoms with E-state index in [0.29, 0.717) is 5.69 Å². The molecular formula is C15H15BrF3N3O2. The third kappa shape index (κ3) is 4.50. The Hall–Kier alpha value is -2.03. The molecule has 0 atom stereocenters. The van der Waals surface area contributed by atoms with Gasteiger partial charge in [0, 0.05) is 5.69 Å². The Labute approximate surface area is 144 Å². The number of nitrogens with one attached hydrogen (secondary N) is 1. The molecule has 0 aliphatic carbocycles. The number of hydrogen-bond donors (Lipinski definition) is 1. The zero-order valence-electron chi connectivity index (χ0n) is 13.1. The molecule has 9 heteroatoms. The lowest BCUT2D eigenvalue weighted by Gasteiger charge is -2.19. The smallest absolute Gasteiger partial charge is 0.434 e. The molecule has 1 amide bonds. The van der Waals surface area contributed by atoms with Gasteiger partial charge >= 0.3 is 12.3 Å². The zero-order valence-corrected chi connectivity index (χ0v) is 14.7. The fourth-order valence-corrected chi connectivity index (χ4v) is 2.37. The maximum atomic E-state index is 13.1. The van der Waals surface area contributed by atoms with E-state index < -0.39 is 23.6 Å². The molecule has 130 valence electrons. The van der Waals surface area contributed by atoms with Crippen LogP contribution in [0.5, 0.6) is 0 Å². The van der Waals surface area contributed by atoms with E-state index in [2.05, 4.69) is 26.3 Å². The molecule has 0 saturated heterocycles. The number of benzene rings is 1. The van der Waals surface area contributed by atoms with Crippen molar-refractivity contribution in [1.82, 2.24) is 9.78 Å². The van der Waals surface area contributed by atoms with Crippen LogP contribution in [0.1, 0.15) is 26.5 Å². The first-order valence-corrected chi connectivity index (χ1v) is 7.68. The maximum Gasteiger partial charge on any atom is 0.434 e. The van der Waals surface area contributed by atoms with Crippen molar-refractivity contribution in [2.24, 2.45) is 0 Å². The first kappa shape index (κ1) is 18.3. The predicted molar refractivity (Wildman–Crippen MR) is 86.1 cm³/mol. The molecule has 2 aromatic rings. The number of anilines is 1. The Bertz CT molecular complexity index is 734. The zero-order chi connectivity index (χ0) is 18.1. The van der Waals surface area contributed by atoms with Crippen molar-refractivity contribution in [2.45, 2.75) is 32.5 Å². The maximum absolute atomic E-state index is 13.1. The summed E-state index contributed by atoms with van der Waals surface area (Å²) >= 11 is 2.85. The van der Waals surface area contributed by atoms with Crippen molar-refractivity contribution in [3.8, 4) is 5.69 Å². The van der Waals surface area contributed by atoms with Crippen LogP contribution < -0.4 is 5.32 Å². The van der Waals surface area contributed by atoms with Crippen LogP contribution in [0.3, 0.4) is 0 Å². The molecule has 5 nitrogen and oxygen atoms in total. The second-order valence-corrected chi connectivity index (χ2v) is 6.78. The standard InChI is InChI=1S/C15H15BrF3N3O2/c1-14(2,3)24-13(23)21-9-4-6-10(7-5-9)22-12(15(17,18)19)11(16)8-20-22/h4-8H,1-3H3,(H,21,23). The first-order chi connectivity index (χ1) is 11.0. The number of rotatable bonds is 2. The van der Waals surface area contributed by atoms with Gasteiger partial charge in [-0.15, -0.1) is 0 Å². The Morgan fingerprint density at radius 2 is 1.79 bits per heavy atom. The molecule has 24 heavy (non-hydrogen) atoms. The minimum absolute atomic E-state index is 0.147. The molecule has 1 heterocycles. The summed E-state index contributed by atoms with van der Waals surface area (Å²) in [6, 6.07) is 5.77. The fourth-order valence-electron chi connectivity index (χ4n) is 1.89. The van der Waals surface area contributed by atoms with Gasteiger partial charge in [-0.1, -0.05) is 0 Å². The van der Waals surface area contributed by atoms with E-state index in [9.17, 15) is 18.0 Å². The minimum Gasteiger partial charge on any atom is -0.444 e. The van der Waals surface area contributed by atoms with Crippen molar-refractivity contribution in [3.05, 3.63) is 40.6 Å². The van der Waals surface area contributed by atoms with Crippen molar-refractivity contribution in [2.75, 3.05) is 5.32 Å². The summed E-state index contributed by atoms with van der Waals surface area (Å²) < 4.78 is 45.0. The summed E-state index contributed by atoms with van der Waals surface area (Å²) in [5.41, 5.74) is -0.946. The highest BCUT2D eigenvalue weighted by molar-refractivity contribution is 9.10. The molecule has 0 bridgehead atoms. The number of carbonyl (C=O) groups excluding carboxylic acids is 1. The molecular weight excluding hydrogens is 391 g/mol. The lowest BCUT2D eigenvalue weighted by Crippen LogP contribution is -2.27. The van der Waals surface area contributed by atoms with Crippen LogP contribution in [-0.4, -0.2) is 21.5 Å². The van der Waals surface area contributed by atoms with Gasteiger partial charge in [0.25, 0.3) is 0 Å². The van der Waals surface area contributed by atoms with Crippen LogP contribution in [0.15, 0.2) is 34.9 Å². The number of hydrogen-bond acceptors (Lipinski definition) is 3. The molecule has 0 aliphatic heterocycles. The number of aromatic nitrogens is 2. The van der Waals surface area contributed by atoms with Crippen LogP contribution in [0.25, 0.3) is 5.69 Å². The van der Waals surface area contributed by atoms with E-state index >= 15 is 0 Å². The van der Waals surface area contributed by atoms with Gasteiger partial charge in [0.2, 0.25) is 0 Å². The monoisotopic (exact) mass is 405 g/mol. The summed E-state index contributed by atoms with van der Waals surface area (Å²) in [6.07, 6.45) is -4.12. The van der Waals surface area contributed by atoms with Crippen molar-refractivity contribution < 1.29 is 22.7 Å². The molecule has 0 spiro atoms. The van der Waals surface area contributed by atoms with Crippen LogP contribution in [-0.2, 0) is 10.9 Å². The van der Waals surface area contributed by atoms with Gasteiger partial charge in [-0.05, 0) is 61.0 Å². The Balaban J connectivity index is 2.21. The number of nitrogens with zero attached hydrogens (tertiary/aromatic N) is 2. The molecule has 0 aliphatic rings. The van der Waals surface area contributed by atoms with Gasteiger partial charge in [-0.25, -0.2) is 9.48 Å². The second kappa shape index (κ2) is 6.46. The minimum atomic E-state index is -4.55. The van der Waals surface area contributed by atoms with Crippen molar-refractivity contribution >= 4 is 27.7 Å². The van der Waals surface area contributed by atoms with Crippen molar-refractivity contribution in [1.29, 1.82) is 0 Å². The highest BCUT2D eigenvalue weighted by Gasteiger charge is 2.38. The number of amides is 1. The Kier molecular flexibility index (Phi) is 4.93. The normalized spacial score (nSPS) is 12.1. The highest BCUT2D eigenvalue weighted by Crippen LogP contribution is 2.36. The number of halogens is 4. The van der Waals surface area contributed by atoms with Gasteiger partial charge in [0.05, 0.1) is 16.4 Å². The molecule has 0 unspecified atom stereocenters. The van der Waals surface area contributed by atoms with E-state index in [1.807, 2.05) is 0 Å². The summed E-state index contributed by atoms with van der Waals surface area (Å²) in [5.74, 6) is 0. The quantitative estimate of drug-likeness (QED) is 0.764. The lowest BCUT2D eigenvalue weighted by molar-refractivity contribution is -0.143. The Morgan fingerprint density at radius 3 is 2.29 bits per heavy atom. The molecule has 0 radical (unpaired) electrons. The van der Waals surface area contributed by atoms with Gasteiger partial charge in [-0.3, -0.25) is 5.32 Å². The third-order valence-corrected chi connectivity index (χ3v) is 3.33. The van der Waals surface area contributed by atoms with Crippen LogP contribution in [0.4, 0.5) is 23.7 Å². The van der Waals surface area contributed by atoms with E-state index in [0.717, 1.165) is 10.9 Å². The fraction of sp³-hybridized carbons (Fsp3) is 0.333. The molecule has 0 fully saturated rings. The van der Waals surface area contributed by atoms with Gasteiger partial charge < -0.3 is 4.74 Å². The van der Waals surface area contributed by atoms with Gasteiger partial charge in [-0.2, -0.15) is 18.3 Å². The van der Waals surface area contributed by atoms with E-state index in [1.165, 1.54) is 24.3 Å². The van der Waals surface area contributed by atoms with E-state index in [-0.39, 0.29) is 10.2 Å². The topological polar surface area (TPSA) is 56.1 Å². The van der Waals surface area contributed by atoms with E-state index in [1.54, 1.807) is 20.8 Å². The second-order valence-electron chi connectivity index (χ2n) is 5.92. The summed E-state index contributed by atoms with van der Waals surface area (Å²) in [5, 5.41) is 6.23. The van der Waals surface area contributed by atoms with Crippen LogP contribution >= 0.6 is 15.9 Å². The molecule has 1 N–H and O–H groups in total. The predicted octanol–water partition coefficient (Wildman–Crippen LogP) is 5.00.